The van der Waals surface area contributed by atoms with Crippen LogP contribution in [-0.4, -0.2) is 26.2 Å². The van der Waals surface area contributed by atoms with Crippen LogP contribution in [0.15, 0.2) is 83.8 Å². The highest BCUT2D eigenvalue weighted by molar-refractivity contribution is 7.92. The van der Waals surface area contributed by atoms with Gasteiger partial charge < -0.3 is 5.32 Å². The fourth-order valence-electron chi connectivity index (χ4n) is 2.83. The Hall–Kier alpha value is -3.52. The highest BCUT2D eigenvalue weighted by Gasteiger charge is 2.18. The third-order valence-corrected chi connectivity index (χ3v) is 5.97. The molecule has 0 saturated carbocycles. The maximum atomic E-state index is 13.0. The van der Waals surface area contributed by atoms with Crippen molar-refractivity contribution in [2.75, 3.05) is 4.72 Å². The van der Waals surface area contributed by atoms with Crippen molar-refractivity contribution in [1.29, 1.82) is 0 Å². The number of hydrogen-bond donors (Lipinski definition) is 2. The number of carbonyl (C=O) groups excluding carboxylic acids is 2. The summed E-state index contributed by atoms with van der Waals surface area (Å²) in [5, 5.41) is 2.65. The van der Waals surface area contributed by atoms with Gasteiger partial charge in [-0.15, -0.1) is 0 Å². The Labute approximate surface area is 180 Å². The largest absolute Gasteiger partial charge is 0.343 e. The van der Waals surface area contributed by atoms with Crippen LogP contribution in [0.2, 0.25) is 0 Å². The van der Waals surface area contributed by atoms with Crippen LogP contribution in [0.1, 0.15) is 22.8 Å². The maximum absolute atomic E-state index is 13.0. The minimum atomic E-state index is -3.89. The zero-order chi connectivity index (χ0) is 22.4. The lowest BCUT2D eigenvalue weighted by molar-refractivity contribution is -0.119. The first-order valence-electron chi connectivity index (χ1n) is 9.50. The van der Waals surface area contributed by atoms with Gasteiger partial charge in [0.2, 0.25) is 0 Å². The van der Waals surface area contributed by atoms with Gasteiger partial charge in [-0.25, -0.2) is 12.8 Å². The molecule has 0 heterocycles. The maximum Gasteiger partial charge on any atom is 0.261 e. The van der Waals surface area contributed by atoms with Gasteiger partial charge in [0, 0.05) is 17.7 Å². The topological polar surface area (TPSA) is 92.3 Å². The van der Waals surface area contributed by atoms with Crippen molar-refractivity contribution in [3.05, 3.63) is 95.8 Å². The molecule has 0 aliphatic carbocycles. The molecule has 1 amide bonds. The van der Waals surface area contributed by atoms with Gasteiger partial charge in [0.1, 0.15) is 5.82 Å². The number of Topliss-reactive ketones (excluding diaryl/α,β-unsaturated/α-hetero) is 1. The van der Waals surface area contributed by atoms with E-state index in [1.54, 1.807) is 6.92 Å². The van der Waals surface area contributed by atoms with Crippen LogP contribution >= 0.6 is 0 Å². The molecule has 8 heteroatoms. The first-order chi connectivity index (χ1) is 14.7. The van der Waals surface area contributed by atoms with Gasteiger partial charge in [-0.2, -0.15) is 0 Å². The van der Waals surface area contributed by atoms with E-state index in [1.807, 2.05) is 30.3 Å². The first-order valence-corrected chi connectivity index (χ1v) is 11.0. The molecule has 2 N–H and O–H groups in total. The third-order valence-electron chi connectivity index (χ3n) is 4.57. The molecule has 0 aliphatic rings. The van der Waals surface area contributed by atoms with Gasteiger partial charge in [0.15, 0.2) is 5.78 Å². The van der Waals surface area contributed by atoms with Crippen LogP contribution in [0, 0.1) is 5.82 Å². The number of halogens is 1. The normalized spacial score (nSPS) is 12.1. The molecule has 3 rings (SSSR count). The number of ketones is 1. The van der Waals surface area contributed by atoms with Gasteiger partial charge in [-0.1, -0.05) is 30.3 Å². The van der Waals surface area contributed by atoms with Crippen molar-refractivity contribution in [1.82, 2.24) is 5.32 Å². The SMILES string of the molecule is C[C@@H](NC(=O)c1ccc(NS(=O)(=O)c2ccc(F)cc2)cc1)C(=O)Cc1ccccc1. The fraction of sp³-hybridized carbons (Fsp3) is 0.130. The van der Waals surface area contributed by atoms with Crippen LogP contribution in [0.3, 0.4) is 0 Å². The summed E-state index contributed by atoms with van der Waals surface area (Å²) in [6.45, 7) is 1.62. The quantitative estimate of drug-likeness (QED) is 0.560. The highest BCUT2D eigenvalue weighted by atomic mass is 32.2. The number of hydrogen-bond acceptors (Lipinski definition) is 4. The third kappa shape index (κ3) is 5.99. The second-order valence-corrected chi connectivity index (χ2v) is 8.64. The molecule has 1 atom stereocenters. The Morgan fingerprint density at radius 1 is 0.903 bits per heavy atom. The van der Waals surface area contributed by atoms with Gasteiger partial charge in [-0.3, -0.25) is 14.3 Å². The molecule has 0 radical (unpaired) electrons. The second kappa shape index (κ2) is 9.53. The summed E-state index contributed by atoms with van der Waals surface area (Å²) >= 11 is 0. The van der Waals surface area contributed by atoms with Crippen LogP contribution in [0.5, 0.6) is 0 Å². The standard InChI is InChI=1S/C23H21FN2O4S/c1-16(22(27)15-17-5-3-2-4-6-17)25-23(28)18-7-11-20(12-8-18)26-31(29,30)21-13-9-19(24)10-14-21/h2-14,16,26H,15H2,1H3,(H,25,28)/t16-/m1/s1. The van der Waals surface area contributed by atoms with E-state index in [0.29, 0.717) is 0 Å². The zero-order valence-electron chi connectivity index (χ0n) is 16.7. The van der Waals surface area contributed by atoms with Crippen LogP contribution in [0.4, 0.5) is 10.1 Å². The molecule has 0 fully saturated rings. The molecule has 3 aromatic carbocycles. The highest BCUT2D eigenvalue weighted by Crippen LogP contribution is 2.17. The number of amides is 1. The summed E-state index contributed by atoms with van der Waals surface area (Å²) in [6.07, 6.45) is 0.215. The second-order valence-electron chi connectivity index (χ2n) is 6.96. The lowest BCUT2D eigenvalue weighted by atomic mass is 10.0. The van der Waals surface area contributed by atoms with Crippen molar-refractivity contribution >= 4 is 27.4 Å². The van der Waals surface area contributed by atoms with Gasteiger partial charge in [0.05, 0.1) is 10.9 Å². The number of benzene rings is 3. The van der Waals surface area contributed by atoms with E-state index in [0.717, 1.165) is 29.8 Å². The average molecular weight is 440 g/mol. The minimum Gasteiger partial charge on any atom is -0.343 e. The van der Waals surface area contributed by atoms with Gasteiger partial charge in [0.25, 0.3) is 15.9 Å². The number of rotatable bonds is 8. The van der Waals surface area contributed by atoms with E-state index in [2.05, 4.69) is 10.0 Å². The smallest absolute Gasteiger partial charge is 0.261 e. The number of anilines is 1. The molecule has 6 nitrogen and oxygen atoms in total. The summed E-state index contributed by atoms with van der Waals surface area (Å²) < 4.78 is 40.1. The predicted molar refractivity (Wildman–Crippen MR) is 116 cm³/mol. The molecule has 0 unspecified atom stereocenters. The molecule has 31 heavy (non-hydrogen) atoms. The zero-order valence-corrected chi connectivity index (χ0v) is 17.5. The Bertz CT molecular complexity index is 1160. The number of carbonyl (C=O) groups is 2. The molecule has 3 aromatic rings. The van der Waals surface area contributed by atoms with E-state index in [-0.39, 0.29) is 28.4 Å². The number of nitrogens with one attached hydrogen (secondary N) is 2. The van der Waals surface area contributed by atoms with E-state index < -0.39 is 27.8 Å². The molecule has 0 bridgehead atoms. The van der Waals surface area contributed by atoms with Gasteiger partial charge >= 0.3 is 0 Å². The molecule has 160 valence electrons. The van der Waals surface area contributed by atoms with Crippen molar-refractivity contribution < 1.29 is 22.4 Å². The summed E-state index contributed by atoms with van der Waals surface area (Å²) in [7, 11) is -3.89. The molecule has 0 aliphatic heterocycles. The lowest BCUT2D eigenvalue weighted by Gasteiger charge is -2.13. The Morgan fingerprint density at radius 3 is 2.13 bits per heavy atom. The minimum absolute atomic E-state index is 0.0820. The molecule has 0 aromatic heterocycles. The number of sulfonamides is 1. The summed E-state index contributed by atoms with van der Waals surface area (Å²) in [6, 6.07) is 18.8. The van der Waals surface area contributed by atoms with E-state index in [4.69, 9.17) is 0 Å². The van der Waals surface area contributed by atoms with Crippen LogP contribution in [0.25, 0.3) is 0 Å². The molecular weight excluding hydrogens is 419 g/mol. The van der Waals surface area contributed by atoms with Crippen molar-refractivity contribution in [2.24, 2.45) is 0 Å². The van der Waals surface area contributed by atoms with E-state index in [1.165, 1.54) is 24.3 Å². The van der Waals surface area contributed by atoms with Crippen molar-refractivity contribution in [3.63, 3.8) is 0 Å². The molecular formula is C23H21FN2O4S. The molecule has 0 spiro atoms. The average Bonchev–Trinajstić information content (AvgIpc) is 2.75. The lowest BCUT2D eigenvalue weighted by Crippen LogP contribution is -2.39. The van der Waals surface area contributed by atoms with Crippen LogP contribution in [-0.2, 0) is 21.2 Å². The van der Waals surface area contributed by atoms with E-state index in [9.17, 15) is 22.4 Å². The Morgan fingerprint density at radius 2 is 1.52 bits per heavy atom. The predicted octanol–water partition coefficient (Wildman–Crippen LogP) is 3.56. The fourth-order valence-corrected chi connectivity index (χ4v) is 3.89. The monoisotopic (exact) mass is 440 g/mol. The van der Waals surface area contributed by atoms with Crippen LogP contribution < -0.4 is 10.0 Å². The summed E-state index contributed by atoms with van der Waals surface area (Å²) in [5.41, 5.74) is 1.39. The first kappa shape index (κ1) is 22.2. The molecule has 0 saturated heterocycles. The Kier molecular flexibility index (Phi) is 6.81. The van der Waals surface area contributed by atoms with E-state index >= 15 is 0 Å². The summed E-state index contributed by atoms with van der Waals surface area (Å²) in [4.78, 5) is 24.7. The van der Waals surface area contributed by atoms with Crippen molar-refractivity contribution in [2.45, 2.75) is 24.3 Å². The Balaban J connectivity index is 1.60. The summed E-state index contributed by atoms with van der Waals surface area (Å²) in [5.74, 6) is -1.10. The van der Waals surface area contributed by atoms with Crippen molar-refractivity contribution in [3.8, 4) is 0 Å². The van der Waals surface area contributed by atoms with Gasteiger partial charge in [-0.05, 0) is 61.0 Å².